The van der Waals surface area contributed by atoms with E-state index in [4.69, 9.17) is 5.73 Å². The van der Waals surface area contributed by atoms with E-state index in [1.165, 1.54) is 0 Å². The largest absolute Gasteiger partial charge is 0.508 e. The smallest absolute Gasteiger partial charge is 0.255 e. The molecule has 0 aromatic heterocycles. The van der Waals surface area contributed by atoms with E-state index in [-0.39, 0.29) is 24.2 Å². The molecule has 1 amide bonds. The first-order valence-electron chi connectivity index (χ1n) is 9.77. The highest BCUT2D eigenvalue weighted by Gasteiger charge is 2.60. The lowest BCUT2D eigenvalue weighted by Gasteiger charge is -2.46. The highest BCUT2D eigenvalue weighted by atomic mass is 16.3. The fraction of sp³-hybridized carbons (Fsp3) is 0.409. The molecule has 0 aliphatic heterocycles. The zero-order chi connectivity index (χ0) is 22.1. The van der Waals surface area contributed by atoms with Gasteiger partial charge in [-0.25, -0.2) is 0 Å². The summed E-state index contributed by atoms with van der Waals surface area (Å²) in [4.78, 5) is 39.3. The number of benzene rings is 1. The van der Waals surface area contributed by atoms with Crippen LogP contribution in [0.2, 0.25) is 0 Å². The van der Waals surface area contributed by atoms with Gasteiger partial charge in [-0.1, -0.05) is 6.07 Å². The lowest BCUT2D eigenvalue weighted by atomic mass is 9.59. The third-order valence-electron chi connectivity index (χ3n) is 6.63. The number of hydrogen-bond donors (Lipinski definition) is 4. The van der Waals surface area contributed by atoms with Crippen molar-refractivity contribution in [1.82, 2.24) is 0 Å². The Morgan fingerprint density at radius 2 is 1.87 bits per heavy atom. The number of anilines is 1. The molecule has 5 N–H and O–H groups in total. The number of rotatable bonds is 2. The lowest BCUT2D eigenvalue weighted by Crippen LogP contribution is -2.58. The lowest BCUT2D eigenvalue weighted by molar-refractivity contribution is -0.147. The molecule has 158 valence electrons. The van der Waals surface area contributed by atoms with Gasteiger partial charge in [-0.3, -0.25) is 14.4 Å². The van der Waals surface area contributed by atoms with Crippen molar-refractivity contribution in [2.45, 2.75) is 31.8 Å². The van der Waals surface area contributed by atoms with Gasteiger partial charge in [-0.2, -0.15) is 0 Å². The molecule has 8 nitrogen and oxygen atoms in total. The van der Waals surface area contributed by atoms with Crippen LogP contribution in [0.5, 0.6) is 0 Å². The van der Waals surface area contributed by atoms with Crippen LogP contribution in [0, 0.1) is 18.8 Å². The van der Waals surface area contributed by atoms with E-state index in [1.807, 2.05) is 38.1 Å². The number of amides is 1. The maximum absolute atomic E-state index is 13.4. The second-order valence-corrected chi connectivity index (χ2v) is 8.56. The summed E-state index contributed by atoms with van der Waals surface area (Å²) in [5.41, 5.74) is 5.12. The van der Waals surface area contributed by atoms with Gasteiger partial charge in [0.2, 0.25) is 5.78 Å². The number of ketones is 2. The van der Waals surface area contributed by atoms with Gasteiger partial charge in [0.05, 0.1) is 0 Å². The number of nitrogens with zero attached hydrogens (tertiary/aromatic N) is 1. The number of hydrogen-bond acceptors (Lipinski definition) is 7. The molecule has 0 radical (unpaired) electrons. The van der Waals surface area contributed by atoms with Gasteiger partial charge in [0.15, 0.2) is 11.4 Å². The van der Waals surface area contributed by atoms with Gasteiger partial charge >= 0.3 is 0 Å². The number of nitrogens with two attached hydrogens (primary N) is 1. The summed E-state index contributed by atoms with van der Waals surface area (Å²) in [6.45, 7) is 1.82. The van der Waals surface area contributed by atoms with E-state index in [9.17, 15) is 29.7 Å². The van der Waals surface area contributed by atoms with Gasteiger partial charge in [0, 0.05) is 43.3 Å². The molecule has 3 atom stereocenters. The Morgan fingerprint density at radius 1 is 1.20 bits per heavy atom. The van der Waals surface area contributed by atoms with Crippen LogP contribution in [0.25, 0.3) is 5.76 Å². The zero-order valence-corrected chi connectivity index (χ0v) is 17.0. The number of Topliss-reactive ketones (excluding diaryl/α,β-unsaturated/α-hetero) is 2. The van der Waals surface area contributed by atoms with Crippen LogP contribution >= 0.6 is 0 Å². The number of carbonyl (C=O) groups excluding carboxylic acids is 3. The molecule has 1 aromatic rings. The molecule has 1 saturated carbocycles. The fourth-order valence-electron chi connectivity index (χ4n) is 5.22. The number of fused-ring (bicyclic) bond motifs is 3. The molecule has 0 bridgehead atoms. The fourth-order valence-corrected chi connectivity index (χ4v) is 5.22. The molecule has 30 heavy (non-hydrogen) atoms. The van der Waals surface area contributed by atoms with E-state index >= 15 is 0 Å². The van der Waals surface area contributed by atoms with Crippen molar-refractivity contribution >= 4 is 28.9 Å². The minimum Gasteiger partial charge on any atom is -0.508 e. The SMILES string of the molecule is Cc1ccc(N(C)C)c2c1C(O)=C1C(=O)[C@]3(O)C(O)=C(C(N)=O)C(=O)C[C@@H]3C[C@@H]1C2. The second-order valence-electron chi connectivity index (χ2n) is 8.56. The first kappa shape index (κ1) is 20.2. The maximum Gasteiger partial charge on any atom is 0.255 e. The normalized spacial score (nSPS) is 28.1. The molecular formula is C22H24N2O6. The van der Waals surface area contributed by atoms with Gasteiger partial charge in [0.1, 0.15) is 17.1 Å². The second kappa shape index (κ2) is 6.43. The van der Waals surface area contributed by atoms with Crippen molar-refractivity contribution < 1.29 is 29.7 Å². The van der Waals surface area contributed by atoms with Gasteiger partial charge in [0.25, 0.3) is 5.91 Å². The van der Waals surface area contributed by atoms with Crippen LogP contribution in [0.15, 0.2) is 29.0 Å². The van der Waals surface area contributed by atoms with Crippen molar-refractivity contribution in [2.75, 3.05) is 19.0 Å². The van der Waals surface area contributed by atoms with Gasteiger partial charge in [-0.05, 0) is 42.9 Å². The van der Waals surface area contributed by atoms with Crippen LogP contribution in [-0.2, 0) is 20.8 Å². The Kier molecular flexibility index (Phi) is 4.32. The quantitative estimate of drug-likeness (QED) is 0.533. The Morgan fingerprint density at radius 3 is 2.47 bits per heavy atom. The number of carbonyl (C=O) groups is 3. The summed E-state index contributed by atoms with van der Waals surface area (Å²) >= 11 is 0. The first-order chi connectivity index (χ1) is 14.0. The van der Waals surface area contributed by atoms with Crippen molar-refractivity contribution in [2.24, 2.45) is 17.6 Å². The van der Waals surface area contributed by atoms with Crippen LogP contribution in [0.3, 0.4) is 0 Å². The van der Waals surface area contributed by atoms with Gasteiger partial charge in [-0.15, -0.1) is 0 Å². The molecule has 0 heterocycles. The Labute approximate surface area is 173 Å². The molecule has 3 aliphatic carbocycles. The topological polar surface area (TPSA) is 141 Å². The molecule has 1 fully saturated rings. The number of aliphatic hydroxyl groups is 3. The average molecular weight is 412 g/mol. The number of primary amides is 1. The monoisotopic (exact) mass is 412 g/mol. The van der Waals surface area contributed by atoms with Crippen LogP contribution in [0.4, 0.5) is 5.69 Å². The van der Waals surface area contributed by atoms with E-state index in [0.717, 1.165) is 16.8 Å². The highest BCUT2D eigenvalue weighted by Crippen LogP contribution is 2.52. The number of aryl methyl sites for hydroxylation is 1. The molecule has 0 saturated heterocycles. The zero-order valence-electron chi connectivity index (χ0n) is 17.0. The molecule has 8 heteroatoms. The van der Waals surface area contributed by atoms with Crippen molar-refractivity contribution in [1.29, 1.82) is 0 Å². The first-order valence-corrected chi connectivity index (χ1v) is 9.77. The summed E-state index contributed by atoms with van der Waals surface area (Å²) in [6, 6.07) is 3.79. The number of aliphatic hydroxyl groups excluding tert-OH is 2. The predicted octanol–water partition coefficient (Wildman–Crippen LogP) is 1.09. The molecule has 0 spiro atoms. The average Bonchev–Trinajstić information content (AvgIpc) is 2.64. The minimum absolute atomic E-state index is 0.0185. The Balaban J connectivity index is 1.95. The Hall–Kier alpha value is -3.13. The van der Waals surface area contributed by atoms with E-state index < -0.39 is 46.2 Å². The molecule has 4 rings (SSSR count). The predicted molar refractivity (Wildman–Crippen MR) is 109 cm³/mol. The molecule has 3 aliphatic rings. The van der Waals surface area contributed by atoms with Crippen LogP contribution in [0.1, 0.15) is 29.5 Å². The molecule has 0 unspecified atom stereocenters. The highest BCUT2D eigenvalue weighted by molar-refractivity contribution is 6.22. The standard InChI is InChI=1S/C22H24N2O6/c1-9-4-5-13(24(2)3)12-7-10-6-11-8-14(25)17(21(23)29)20(28)22(11,30)19(27)16(10)18(26)15(9)12/h4-5,10-11,26,28,30H,6-8H2,1-3H3,(H2,23,29)/t10-,11+,22+/m1/s1. The van der Waals surface area contributed by atoms with E-state index in [1.54, 1.807) is 0 Å². The van der Waals surface area contributed by atoms with Crippen LogP contribution < -0.4 is 10.6 Å². The summed E-state index contributed by atoms with van der Waals surface area (Å²) < 4.78 is 0. The summed E-state index contributed by atoms with van der Waals surface area (Å²) in [6.07, 6.45) is 0.365. The van der Waals surface area contributed by atoms with Crippen LogP contribution in [-0.4, -0.2) is 52.5 Å². The third kappa shape index (κ3) is 2.46. The molecule has 1 aromatic carbocycles. The van der Waals surface area contributed by atoms with Crippen molar-refractivity contribution in [3.05, 3.63) is 45.7 Å². The van der Waals surface area contributed by atoms with Crippen molar-refractivity contribution in [3.63, 3.8) is 0 Å². The summed E-state index contributed by atoms with van der Waals surface area (Å²) in [7, 11) is 3.78. The summed E-state index contributed by atoms with van der Waals surface area (Å²) in [5, 5.41) is 32.9. The Bertz CT molecular complexity index is 1080. The van der Waals surface area contributed by atoms with E-state index in [0.29, 0.717) is 12.0 Å². The molecular weight excluding hydrogens is 388 g/mol. The summed E-state index contributed by atoms with van der Waals surface area (Å²) in [5.74, 6) is -5.35. The van der Waals surface area contributed by atoms with Gasteiger partial charge < -0.3 is 26.0 Å². The van der Waals surface area contributed by atoms with Crippen molar-refractivity contribution in [3.8, 4) is 0 Å². The minimum atomic E-state index is -2.46. The third-order valence-corrected chi connectivity index (χ3v) is 6.63. The van der Waals surface area contributed by atoms with E-state index in [2.05, 4.69) is 0 Å². The maximum atomic E-state index is 13.4.